The van der Waals surface area contributed by atoms with E-state index in [9.17, 15) is 27.6 Å². The van der Waals surface area contributed by atoms with E-state index in [1.807, 2.05) is 0 Å². The number of aryl methyl sites for hydroxylation is 1. The van der Waals surface area contributed by atoms with Crippen LogP contribution < -0.4 is 14.5 Å². The summed E-state index contributed by atoms with van der Waals surface area (Å²) in [4.78, 5) is 44.1. The third-order valence-corrected chi connectivity index (χ3v) is 6.74. The van der Waals surface area contributed by atoms with Crippen molar-refractivity contribution in [1.29, 1.82) is 0 Å². The number of carbonyl (C=O) groups excluding carboxylic acids is 3. The van der Waals surface area contributed by atoms with Gasteiger partial charge >= 0.3 is 6.36 Å². The minimum absolute atomic E-state index is 0.111. The van der Waals surface area contributed by atoms with Gasteiger partial charge in [-0.15, -0.1) is 13.2 Å². The monoisotopic (exact) mass is 473 g/mol. The van der Waals surface area contributed by atoms with E-state index in [1.165, 1.54) is 28.0 Å². The fourth-order valence-corrected chi connectivity index (χ4v) is 5.19. The van der Waals surface area contributed by atoms with E-state index in [0.29, 0.717) is 48.3 Å². The number of rotatable bonds is 3. The van der Waals surface area contributed by atoms with Crippen LogP contribution in [0, 0.1) is 0 Å². The SMILES string of the molecule is CC12CCC(=O)N1c1ccccc1C(=O)N2CC(=O)N1CCCc2cc(OC(F)(F)F)ccc21. The summed E-state index contributed by atoms with van der Waals surface area (Å²) in [5.41, 5.74) is 1.000. The van der Waals surface area contributed by atoms with Crippen LogP contribution in [0.2, 0.25) is 0 Å². The lowest BCUT2D eigenvalue weighted by Crippen LogP contribution is -2.64. The lowest BCUT2D eigenvalue weighted by Gasteiger charge is -2.48. The minimum atomic E-state index is -4.80. The first-order valence-electron chi connectivity index (χ1n) is 11.0. The quantitative estimate of drug-likeness (QED) is 0.679. The van der Waals surface area contributed by atoms with Crippen molar-refractivity contribution in [2.45, 2.75) is 44.6 Å². The van der Waals surface area contributed by atoms with E-state index in [2.05, 4.69) is 4.74 Å². The number of halogens is 3. The van der Waals surface area contributed by atoms with Crippen molar-refractivity contribution in [1.82, 2.24) is 4.90 Å². The van der Waals surface area contributed by atoms with Crippen LogP contribution in [-0.2, 0) is 16.0 Å². The van der Waals surface area contributed by atoms with Crippen LogP contribution in [-0.4, -0.2) is 47.7 Å². The Kier molecular flexibility index (Phi) is 5.07. The normalized spacial score (nSPS) is 21.8. The maximum Gasteiger partial charge on any atom is 0.573 e. The molecule has 0 aliphatic carbocycles. The maximum absolute atomic E-state index is 13.4. The largest absolute Gasteiger partial charge is 0.573 e. The number of anilines is 2. The first-order chi connectivity index (χ1) is 16.1. The van der Waals surface area contributed by atoms with Gasteiger partial charge in [0.25, 0.3) is 5.91 Å². The zero-order valence-corrected chi connectivity index (χ0v) is 18.4. The van der Waals surface area contributed by atoms with Crippen LogP contribution in [0.1, 0.15) is 42.1 Å². The number of ether oxygens (including phenoxy) is 1. The summed E-state index contributed by atoms with van der Waals surface area (Å²) in [5.74, 6) is -1.14. The second-order valence-electron chi connectivity index (χ2n) is 8.84. The van der Waals surface area contributed by atoms with Gasteiger partial charge in [-0.2, -0.15) is 0 Å². The van der Waals surface area contributed by atoms with Gasteiger partial charge in [-0.3, -0.25) is 19.3 Å². The number of alkyl halides is 3. The zero-order chi connectivity index (χ0) is 24.3. The molecule has 1 atom stereocenters. The number of nitrogens with zero attached hydrogens (tertiary/aromatic N) is 3. The van der Waals surface area contributed by atoms with E-state index in [4.69, 9.17) is 0 Å². The van der Waals surface area contributed by atoms with Crippen LogP contribution in [0.15, 0.2) is 42.5 Å². The average molecular weight is 473 g/mol. The predicted molar refractivity (Wildman–Crippen MR) is 116 cm³/mol. The van der Waals surface area contributed by atoms with Crippen molar-refractivity contribution >= 4 is 29.1 Å². The van der Waals surface area contributed by atoms with Crippen molar-refractivity contribution in [3.05, 3.63) is 53.6 Å². The molecule has 0 radical (unpaired) electrons. The van der Waals surface area contributed by atoms with E-state index in [0.717, 1.165) is 0 Å². The average Bonchev–Trinajstić information content (AvgIpc) is 3.10. The smallest absolute Gasteiger partial charge is 0.406 e. The standard InChI is InChI=1S/C24H22F3N3O4/c1-23-11-10-20(31)30(23)19-7-3-2-6-17(19)22(33)29(23)14-21(32)28-12-4-5-15-13-16(8-9-18(15)28)34-24(25,26)27/h2-3,6-9,13H,4-5,10-12,14H2,1H3. The van der Waals surface area contributed by atoms with E-state index in [-0.39, 0.29) is 36.4 Å². The Balaban J connectivity index is 1.44. The van der Waals surface area contributed by atoms with Crippen molar-refractivity contribution in [2.75, 3.05) is 22.9 Å². The molecular weight excluding hydrogens is 451 g/mol. The number of carbonyl (C=O) groups is 3. The van der Waals surface area contributed by atoms with Gasteiger partial charge in [-0.05, 0) is 62.1 Å². The van der Waals surface area contributed by atoms with Gasteiger partial charge in [0.05, 0.1) is 11.3 Å². The highest BCUT2D eigenvalue weighted by Gasteiger charge is 2.53. The summed E-state index contributed by atoms with van der Waals surface area (Å²) >= 11 is 0. The summed E-state index contributed by atoms with van der Waals surface area (Å²) in [5, 5.41) is 0. The molecule has 0 N–H and O–H groups in total. The number of amides is 3. The summed E-state index contributed by atoms with van der Waals surface area (Å²) in [7, 11) is 0. The van der Waals surface area contributed by atoms with Gasteiger partial charge in [0.15, 0.2) is 0 Å². The molecule has 2 aromatic carbocycles. The highest BCUT2D eigenvalue weighted by atomic mass is 19.4. The molecule has 0 spiro atoms. The van der Waals surface area contributed by atoms with Crippen LogP contribution >= 0.6 is 0 Å². The lowest BCUT2D eigenvalue weighted by atomic mass is 9.97. The molecule has 0 saturated carbocycles. The van der Waals surface area contributed by atoms with Gasteiger partial charge in [-0.1, -0.05) is 12.1 Å². The Bertz CT molecular complexity index is 1200. The van der Waals surface area contributed by atoms with E-state index in [1.54, 1.807) is 36.1 Å². The van der Waals surface area contributed by atoms with Gasteiger partial charge in [0, 0.05) is 18.7 Å². The van der Waals surface area contributed by atoms with Gasteiger partial charge in [0.2, 0.25) is 11.8 Å². The zero-order valence-electron chi connectivity index (χ0n) is 18.4. The third-order valence-electron chi connectivity index (χ3n) is 6.74. The van der Waals surface area contributed by atoms with Crippen molar-refractivity contribution in [3.63, 3.8) is 0 Å². The third kappa shape index (κ3) is 3.57. The summed E-state index contributed by atoms with van der Waals surface area (Å²) in [6, 6.07) is 10.8. The molecule has 1 unspecified atom stereocenters. The Labute approximate surface area is 193 Å². The molecule has 5 rings (SSSR count). The number of hydrogen-bond donors (Lipinski definition) is 0. The fraction of sp³-hybridized carbons (Fsp3) is 0.375. The maximum atomic E-state index is 13.4. The summed E-state index contributed by atoms with van der Waals surface area (Å²) in [6.45, 7) is 1.90. The Morgan fingerprint density at radius 1 is 1.09 bits per heavy atom. The molecule has 3 amide bonds. The van der Waals surface area contributed by atoms with Crippen LogP contribution in [0.25, 0.3) is 0 Å². The molecule has 0 aromatic heterocycles. The molecule has 7 nitrogen and oxygen atoms in total. The van der Waals surface area contributed by atoms with Crippen molar-refractivity contribution in [2.24, 2.45) is 0 Å². The van der Waals surface area contributed by atoms with Gasteiger partial charge in [-0.25, -0.2) is 0 Å². The molecule has 3 heterocycles. The van der Waals surface area contributed by atoms with Gasteiger partial charge in [0.1, 0.15) is 18.0 Å². The number of hydrogen-bond acceptors (Lipinski definition) is 4. The Hall–Kier alpha value is -3.56. The van der Waals surface area contributed by atoms with Crippen LogP contribution in [0.5, 0.6) is 5.75 Å². The van der Waals surface area contributed by atoms with Crippen molar-refractivity contribution < 1.29 is 32.3 Å². The first-order valence-corrected chi connectivity index (χ1v) is 11.0. The first kappa shape index (κ1) is 22.2. The minimum Gasteiger partial charge on any atom is -0.406 e. The molecule has 0 bridgehead atoms. The van der Waals surface area contributed by atoms with E-state index >= 15 is 0 Å². The summed E-state index contributed by atoms with van der Waals surface area (Å²) in [6.07, 6.45) is -3.08. The molecule has 178 valence electrons. The number of para-hydroxylation sites is 1. The summed E-state index contributed by atoms with van der Waals surface area (Å²) < 4.78 is 41.8. The molecule has 1 fully saturated rings. The Morgan fingerprint density at radius 2 is 1.85 bits per heavy atom. The molecule has 34 heavy (non-hydrogen) atoms. The lowest BCUT2D eigenvalue weighted by molar-refractivity contribution is -0.274. The molecule has 3 aliphatic heterocycles. The predicted octanol–water partition coefficient (Wildman–Crippen LogP) is 3.86. The highest BCUT2D eigenvalue weighted by Crippen LogP contribution is 2.44. The number of fused-ring (bicyclic) bond motifs is 4. The molecule has 3 aliphatic rings. The van der Waals surface area contributed by atoms with Crippen molar-refractivity contribution in [3.8, 4) is 5.75 Å². The second-order valence-corrected chi connectivity index (χ2v) is 8.84. The molecular formula is C24H22F3N3O4. The Morgan fingerprint density at radius 3 is 2.62 bits per heavy atom. The molecule has 1 saturated heterocycles. The van der Waals surface area contributed by atoms with Crippen LogP contribution in [0.4, 0.5) is 24.5 Å². The second kappa shape index (κ2) is 7.75. The molecule has 10 heteroatoms. The molecule has 2 aromatic rings. The van der Waals surface area contributed by atoms with E-state index < -0.39 is 12.0 Å². The highest BCUT2D eigenvalue weighted by molar-refractivity contribution is 6.11. The fourth-order valence-electron chi connectivity index (χ4n) is 5.19. The number of benzene rings is 2. The topological polar surface area (TPSA) is 70.2 Å². The van der Waals surface area contributed by atoms with Gasteiger partial charge < -0.3 is 14.5 Å². The van der Waals surface area contributed by atoms with Crippen LogP contribution in [0.3, 0.4) is 0 Å².